The Bertz CT molecular complexity index is 368. The van der Waals surface area contributed by atoms with Gasteiger partial charge >= 0.3 is 15.2 Å². The smallest absolute Gasteiger partial charge is 0.304 e. The Kier molecular flexibility index (Phi) is 8.98. The molecule has 0 aliphatic heterocycles. The third-order valence-electron chi connectivity index (χ3n) is 1.85. The summed E-state index contributed by atoms with van der Waals surface area (Å²) in [6.07, 6.45) is 0. The van der Waals surface area contributed by atoms with Crippen LogP contribution in [0.15, 0.2) is 11.1 Å². The highest BCUT2D eigenvalue weighted by atomic mass is 31.2. The van der Waals surface area contributed by atoms with Gasteiger partial charge in [-0.3, -0.25) is 9.13 Å². The lowest BCUT2D eigenvalue weighted by Crippen LogP contribution is -2.01. The van der Waals surface area contributed by atoms with E-state index in [1.165, 1.54) is 27.7 Å². The standard InChI is InChI=1S/C10H20F2O6P2/c1-5-15-19(13,16-6-2)9(11)10(12)20(14,17-7-3)18-8-4/h5-8H2,1-4H3/b10-9+. The first-order valence-electron chi connectivity index (χ1n) is 6.15. The zero-order valence-corrected chi connectivity index (χ0v) is 13.7. The summed E-state index contributed by atoms with van der Waals surface area (Å²) in [7, 11) is -9.01. The van der Waals surface area contributed by atoms with Crippen molar-refractivity contribution >= 4 is 15.2 Å². The summed E-state index contributed by atoms with van der Waals surface area (Å²) in [5, 5.41) is 0. The third kappa shape index (κ3) is 5.02. The molecule has 0 heterocycles. The summed E-state index contributed by atoms with van der Waals surface area (Å²) >= 11 is 0. The van der Waals surface area contributed by atoms with Gasteiger partial charge in [0.25, 0.3) is 11.1 Å². The molecule has 0 aromatic heterocycles. The van der Waals surface area contributed by atoms with Gasteiger partial charge in [0.2, 0.25) is 0 Å². The van der Waals surface area contributed by atoms with Gasteiger partial charge in [0.05, 0.1) is 26.4 Å². The Labute approximate surface area is 117 Å². The van der Waals surface area contributed by atoms with Crippen LogP contribution in [-0.2, 0) is 27.2 Å². The summed E-state index contributed by atoms with van der Waals surface area (Å²) in [6, 6.07) is 0. The largest absolute Gasteiger partial charge is 0.392 e. The van der Waals surface area contributed by atoms with Crippen molar-refractivity contribution in [2.24, 2.45) is 0 Å². The molecule has 0 bridgehead atoms. The van der Waals surface area contributed by atoms with E-state index in [0.717, 1.165) is 0 Å². The Balaban J connectivity index is 5.68. The van der Waals surface area contributed by atoms with Crippen molar-refractivity contribution in [1.29, 1.82) is 0 Å². The molecule has 0 aromatic carbocycles. The van der Waals surface area contributed by atoms with Crippen molar-refractivity contribution in [2.75, 3.05) is 26.4 Å². The molecule has 0 aliphatic carbocycles. The summed E-state index contributed by atoms with van der Waals surface area (Å²) < 4.78 is 70.7. The molecular weight excluding hydrogens is 316 g/mol. The molecule has 0 unspecified atom stereocenters. The predicted molar refractivity (Wildman–Crippen MR) is 71.0 cm³/mol. The monoisotopic (exact) mass is 336 g/mol. The third-order valence-corrected chi connectivity index (χ3v) is 5.77. The SMILES string of the molecule is CCOP(=O)(OCC)/C(F)=C(\F)P(=O)(OCC)OCC. The van der Waals surface area contributed by atoms with Crippen molar-refractivity contribution in [3.63, 3.8) is 0 Å². The summed E-state index contributed by atoms with van der Waals surface area (Å²) in [6.45, 7) is 5.03. The maximum atomic E-state index is 14.0. The van der Waals surface area contributed by atoms with Crippen LogP contribution < -0.4 is 0 Å². The van der Waals surface area contributed by atoms with Gasteiger partial charge in [-0.1, -0.05) is 0 Å². The van der Waals surface area contributed by atoms with E-state index in [1.807, 2.05) is 0 Å². The number of rotatable bonds is 10. The molecule has 20 heavy (non-hydrogen) atoms. The van der Waals surface area contributed by atoms with E-state index in [1.54, 1.807) is 0 Å². The van der Waals surface area contributed by atoms with Crippen molar-refractivity contribution < 1.29 is 36.0 Å². The Morgan fingerprint density at radius 1 is 0.700 bits per heavy atom. The highest BCUT2D eigenvalue weighted by Gasteiger charge is 2.43. The second-order valence-corrected chi connectivity index (χ2v) is 7.06. The van der Waals surface area contributed by atoms with E-state index in [-0.39, 0.29) is 26.4 Å². The van der Waals surface area contributed by atoms with Crippen LogP contribution in [0.3, 0.4) is 0 Å². The number of hydrogen-bond acceptors (Lipinski definition) is 6. The second-order valence-electron chi connectivity index (χ2n) is 3.25. The van der Waals surface area contributed by atoms with Crippen LogP contribution in [0.1, 0.15) is 27.7 Å². The molecular formula is C10H20F2O6P2. The maximum absolute atomic E-state index is 14.0. The van der Waals surface area contributed by atoms with Crippen LogP contribution in [0.25, 0.3) is 0 Å². The average molecular weight is 336 g/mol. The fraction of sp³-hybridized carbons (Fsp3) is 0.800. The lowest BCUT2D eigenvalue weighted by atomic mass is 10.9. The highest BCUT2D eigenvalue weighted by Crippen LogP contribution is 2.66. The Hall–Kier alpha value is -0.100. The summed E-state index contributed by atoms with van der Waals surface area (Å²) in [5.74, 6) is 0. The van der Waals surface area contributed by atoms with Crippen molar-refractivity contribution in [1.82, 2.24) is 0 Å². The van der Waals surface area contributed by atoms with Crippen LogP contribution in [0.4, 0.5) is 8.78 Å². The second kappa shape index (κ2) is 9.03. The van der Waals surface area contributed by atoms with E-state index in [4.69, 9.17) is 0 Å². The molecule has 10 heteroatoms. The van der Waals surface area contributed by atoms with E-state index in [0.29, 0.717) is 0 Å². The first-order valence-corrected chi connectivity index (χ1v) is 9.24. The first kappa shape index (κ1) is 19.9. The lowest BCUT2D eigenvalue weighted by molar-refractivity contribution is 0.210. The minimum Gasteiger partial charge on any atom is -0.304 e. The van der Waals surface area contributed by atoms with Crippen molar-refractivity contribution in [2.45, 2.75) is 27.7 Å². The molecule has 0 saturated carbocycles. The van der Waals surface area contributed by atoms with Crippen molar-refractivity contribution in [3.8, 4) is 0 Å². The van der Waals surface area contributed by atoms with Gasteiger partial charge in [0, 0.05) is 0 Å². The Morgan fingerprint density at radius 3 is 1.05 bits per heavy atom. The molecule has 0 spiro atoms. The van der Waals surface area contributed by atoms with Crippen LogP contribution >= 0.6 is 15.2 Å². The molecule has 0 fully saturated rings. The van der Waals surface area contributed by atoms with Crippen molar-refractivity contribution in [3.05, 3.63) is 11.1 Å². The molecule has 0 rings (SSSR count). The fourth-order valence-electron chi connectivity index (χ4n) is 1.21. The minimum absolute atomic E-state index is 0.175. The summed E-state index contributed by atoms with van der Waals surface area (Å²) in [4.78, 5) is 0. The molecule has 0 saturated heterocycles. The zero-order valence-electron chi connectivity index (χ0n) is 11.9. The highest BCUT2D eigenvalue weighted by molar-refractivity contribution is 7.62. The van der Waals surface area contributed by atoms with E-state index < -0.39 is 26.3 Å². The normalized spacial score (nSPS) is 14.3. The zero-order chi connectivity index (χ0) is 15.8. The first-order chi connectivity index (χ1) is 9.31. The average Bonchev–Trinajstić information content (AvgIpc) is 2.38. The maximum Gasteiger partial charge on any atom is 0.392 e. The van der Waals surface area contributed by atoms with Crippen LogP contribution in [0.5, 0.6) is 0 Å². The summed E-state index contributed by atoms with van der Waals surface area (Å²) in [5.41, 5.74) is -3.77. The molecule has 0 N–H and O–H groups in total. The molecule has 120 valence electrons. The molecule has 0 aromatic rings. The predicted octanol–water partition coefficient (Wildman–Crippen LogP) is 4.58. The molecule has 6 nitrogen and oxygen atoms in total. The molecule has 0 aliphatic rings. The van der Waals surface area contributed by atoms with E-state index in [9.17, 15) is 17.9 Å². The number of hydrogen-bond donors (Lipinski definition) is 0. The number of halogens is 2. The van der Waals surface area contributed by atoms with E-state index in [2.05, 4.69) is 18.1 Å². The van der Waals surface area contributed by atoms with Crippen LogP contribution in [0, 0.1) is 0 Å². The topological polar surface area (TPSA) is 71.1 Å². The Morgan fingerprint density at radius 2 is 0.900 bits per heavy atom. The van der Waals surface area contributed by atoms with E-state index >= 15 is 0 Å². The fourth-order valence-corrected chi connectivity index (χ4v) is 4.36. The van der Waals surface area contributed by atoms with Gasteiger partial charge in [-0.25, -0.2) is 0 Å². The quantitative estimate of drug-likeness (QED) is 0.544. The van der Waals surface area contributed by atoms with Gasteiger partial charge < -0.3 is 18.1 Å². The molecule has 0 amide bonds. The van der Waals surface area contributed by atoms with Gasteiger partial charge in [-0.05, 0) is 27.7 Å². The van der Waals surface area contributed by atoms with Gasteiger partial charge in [0.1, 0.15) is 0 Å². The van der Waals surface area contributed by atoms with Gasteiger partial charge in [0.15, 0.2) is 0 Å². The molecule has 0 atom stereocenters. The minimum atomic E-state index is -4.50. The lowest BCUT2D eigenvalue weighted by Gasteiger charge is -2.19. The van der Waals surface area contributed by atoms with Crippen LogP contribution in [0.2, 0.25) is 0 Å². The molecule has 0 radical (unpaired) electrons. The van der Waals surface area contributed by atoms with Gasteiger partial charge in [-0.2, -0.15) is 8.78 Å². The van der Waals surface area contributed by atoms with Crippen LogP contribution in [-0.4, -0.2) is 26.4 Å². The van der Waals surface area contributed by atoms with Gasteiger partial charge in [-0.15, -0.1) is 0 Å².